The summed E-state index contributed by atoms with van der Waals surface area (Å²) in [5.41, 5.74) is 2.42. The van der Waals surface area contributed by atoms with Crippen LogP contribution >= 0.6 is 0 Å². The predicted octanol–water partition coefficient (Wildman–Crippen LogP) is 2.70. The Morgan fingerprint density at radius 3 is 2.73 bits per heavy atom. The van der Waals surface area contributed by atoms with Crippen molar-refractivity contribution < 1.29 is 14.3 Å². The van der Waals surface area contributed by atoms with Crippen LogP contribution < -0.4 is 15.6 Å². The number of hydrogen-bond donors (Lipinski definition) is 2. The maximum atomic E-state index is 12.6. The molecule has 1 aromatic heterocycles. The highest BCUT2D eigenvalue weighted by Crippen LogP contribution is 2.26. The topological polar surface area (TPSA) is 88.3 Å². The molecule has 1 aromatic carbocycles. The first-order chi connectivity index (χ1) is 12.4. The molecule has 1 heterocycles. The van der Waals surface area contributed by atoms with Gasteiger partial charge in [-0.25, -0.2) is 0 Å². The van der Waals surface area contributed by atoms with Crippen LogP contribution in [0.5, 0.6) is 5.75 Å². The molecule has 1 atom stereocenters. The maximum absolute atomic E-state index is 12.6. The van der Waals surface area contributed by atoms with E-state index in [1.807, 2.05) is 32.0 Å². The van der Waals surface area contributed by atoms with Gasteiger partial charge < -0.3 is 15.0 Å². The second kappa shape index (κ2) is 7.15. The molecule has 136 valence electrons. The highest BCUT2D eigenvalue weighted by molar-refractivity contribution is 6.01. The standard InChI is InChI=1S/C20H22N2O4/c1-11-7-8-18(26-3)13(9-11)12(2)21-19(24)15-10-14-16(22-20(15)25)5-4-6-17(14)23/h7-10,12H,4-6H2,1-3H3,(H,21,24)(H,22,25). The first-order valence-electron chi connectivity index (χ1n) is 8.65. The number of aromatic amines is 1. The summed E-state index contributed by atoms with van der Waals surface area (Å²) in [4.78, 5) is 39.7. The number of carbonyl (C=O) groups is 2. The van der Waals surface area contributed by atoms with Crippen molar-refractivity contribution in [1.29, 1.82) is 0 Å². The lowest BCUT2D eigenvalue weighted by Gasteiger charge is -2.19. The molecule has 3 rings (SSSR count). The van der Waals surface area contributed by atoms with Gasteiger partial charge in [0.25, 0.3) is 11.5 Å². The number of aromatic nitrogens is 1. The summed E-state index contributed by atoms with van der Waals surface area (Å²) in [6, 6.07) is 6.77. The van der Waals surface area contributed by atoms with E-state index in [-0.39, 0.29) is 17.4 Å². The van der Waals surface area contributed by atoms with E-state index in [1.165, 1.54) is 6.07 Å². The van der Waals surface area contributed by atoms with Crippen molar-refractivity contribution in [3.05, 3.63) is 62.6 Å². The number of rotatable bonds is 4. The Morgan fingerprint density at radius 1 is 1.23 bits per heavy atom. The highest BCUT2D eigenvalue weighted by atomic mass is 16.5. The van der Waals surface area contributed by atoms with Gasteiger partial charge in [-0.3, -0.25) is 14.4 Å². The van der Waals surface area contributed by atoms with Gasteiger partial charge in [0.1, 0.15) is 11.3 Å². The molecule has 1 aliphatic carbocycles. The van der Waals surface area contributed by atoms with Crippen LogP contribution in [-0.4, -0.2) is 23.8 Å². The minimum Gasteiger partial charge on any atom is -0.496 e. The lowest BCUT2D eigenvalue weighted by molar-refractivity contribution is 0.0938. The first kappa shape index (κ1) is 17.9. The fraction of sp³-hybridized carbons (Fsp3) is 0.350. The van der Waals surface area contributed by atoms with E-state index in [0.717, 1.165) is 17.5 Å². The number of pyridine rings is 1. The highest BCUT2D eigenvalue weighted by Gasteiger charge is 2.23. The molecule has 0 aliphatic heterocycles. The molecule has 0 radical (unpaired) electrons. The second-order valence-electron chi connectivity index (χ2n) is 6.62. The summed E-state index contributed by atoms with van der Waals surface area (Å²) in [5.74, 6) is 0.117. The summed E-state index contributed by atoms with van der Waals surface area (Å²) in [7, 11) is 1.57. The molecule has 0 fully saturated rings. The number of aryl methyl sites for hydroxylation is 2. The van der Waals surface area contributed by atoms with Crippen LogP contribution in [0.25, 0.3) is 0 Å². The first-order valence-corrected chi connectivity index (χ1v) is 8.65. The minimum absolute atomic E-state index is 0.0371. The Morgan fingerprint density at radius 2 is 2.00 bits per heavy atom. The fourth-order valence-electron chi connectivity index (χ4n) is 3.29. The number of Topliss-reactive ketones (excluding diaryl/α,β-unsaturated/α-hetero) is 1. The van der Waals surface area contributed by atoms with E-state index < -0.39 is 11.5 Å². The quantitative estimate of drug-likeness (QED) is 0.884. The van der Waals surface area contributed by atoms with Gasteiger partial charge >= 0.3 is 0 Å². The van der Waals surface area contributed by atoms with Crippen LogP contribution in [0.1, 0.15) is 63.3 Å². The molecule has 0 saturated heterocycles. The smallest absolute Gasteiger partial charge is 0.261 e. The molecule has 2 N–H and O–H groups in total. The van der Waals surface area contributed by atoms with Gasteiger partial charge in [0.05, 0.1) is 13.2 Å². The lowest BCUT2D eigenvalue weighted by atomic mass is 9.93. The normalized spacial score (nSPS) is 14.5. The summed E-state index contributed by atoms with van der Waals surface area (Å²) in [6.45, 7) is 3.78. The molecular weight excluding hydrogens is 332 g/mol. The van der Waals surface area contributed by atoms with Gasteiger partial charge in [-0.2, -0.15) is 0 Å². The number of methoxy groups -OCH3 is 1. The maximum Gasteiger partial charge on any atom is 0.261 e. The molecule has 0 saturated carbocycles. The zero-order valence-corrected chi connectivity index (χ0v) is 15.1. The largest absolute Gasteiger partial charge is 0.496 e. The van der Waals surface area contributed by atoms with Crippen molar-refractivity contribution in [2.75, 3.05) is 7.11 Å². The third-order valence-corrected chi connectivity index (χ3v) is 4.70. The van der Waals surface area contributed by atoms with Crippen LogP contribution in [0, 0.1) is 6.92 Å². The van der Waals surface area contributed by atoms with Crippen molar-refractivity contribution in [3.63, 3.8) is 0 Å². The molecule has 26 heavy (non-hydrogen) atoms. The average Bonchev–Trinajstić information content (AvgIpc) is 2.61. The number of H-pyrrole nitrogens is 1. The Balaban J connectivity index is 1.89. The average molecular weight is 354 g/mol. The lowest BCUT2D eigenvalue weighted by Crippen LogP contribution is -2.33. The van der Waals surface area contributed by atoms with Crippen molar-refractivity contribution in [2.45, 2.75) is 39.2 Å². The monoisotopic (exact) mass is 354 g/mol. The van der Waals surface area contributed by atoms with E-state index >= 15 is 0 Å². The van der Waals surface area contributed by atoms with Crippen LogP contribution in [0.3, 0.4) is 0 Å². The molecule has 1 unspecified atom stereocenters. The SMILES string of the molecule is COc1ccc(C)cc1C(C)NC(=O)c1cc2c([nH]c1=O)CCCC2=O. The molecular formula is C20H22N2O4. The third kappa shape index (κ3) is 3.40. The number of nitrogens with one attached hydrogen (secondary N) is 2. The van der Waals surface area contributed by atoms with Crippen LogP contribution in [0.15, 0.2) is 29.1 Å². The fourth-order valence-corrected chi connectivity index (χ4v) is 3.29. The third-order valence-electron chi connectivity index (χ3n) is 4.70. The molecule has 1 aliphatic rings. The number of amides is 1. The van der Waals surface area contributed by atoms with Gasteiger partial charge in [0, 0.05) is 23.2 Å². The molecule has 6 nitrogen and oxygen atoms in total. The number of hydrogen-bond acceptors (Lipinski definition) is 4. The molecule has 6 heteroatoms. The van der Waals surface area contributed by atoms with Crippen LogP contribution in [-0.2, 0) is 6.42 Å². The molecule has 2 aromatic rings. The zero-order chi connectivity index (χ0) is 18.8. The molecule has 0 spiro atoms. The predicted molar refractivity (Wildman–Crippen MR) is 97.9 cm³/mol. The van der Waals surface area contributed by atoms with Crippen molar-refractivity contribution in [2.24, 2.45) is 0 Å². The van der Waals surface area contributed by atoms with E-state index in [2.05, 4.69) is 10.3 Å². The van der Waals surface area contributed by atoms with Crippen LogP contribution in [0.2, 0.25) is 0 Å². The Bertz CT molecular complexity index is 930. The van der Waals surface area contributed by atoms with E-state index in [0.29, 0.717) is 29.8 Å². The number of ether oxygens (including phenoxy) is 1. The summed E-state index contributed by atoms with van der Waals surface area (Å²) >= 11 is 0. The van der Waals surface area contributed by atoms with Crippen molar-refractivity contribution >= 4 is 11.7 Å². The second-order valence-corrected chi connectivity index (χ2v) is 6.62. The summed E-state index contributed by atoms with van der Waals surface area (Å²) in [5, 5.41) is 2.83. The number of carbonyl (C=O) groups excluding carboxylic acids is 2. The Kier molecular flexibility index (Phi) is 4.93. The minimum atomic E-state index is -0.511. The molecule has 0 bridgehead atoms. The van der Waals surface area contributed by atoms with Gasteiger partial charge in [0.2, 0.25) is 0 Å². The van der Waals surface area contributed by atoms with Crippen molar-refractivity contribution in [1.82, 2.24) is 10.3 Å². The van der Waals surface area contributed by atoms with E-state index in [1.54, 1.807) is 7.11 Å². The molecule has 1 amide bonds. The summed E-state index contributed by atoms with van der Waals surface area (Å²) < 4.78 is 5.36. The van der Waals surface area contributed by atoms with Gasteiger partial charge in [0.15, 0.2) is 5.78 Å². The number of benzene rings is 1. The van der Waals surface area contributed by atoms with Gasteiger partial charge in [-0.15, -0.1) is 0 Å². The number of ketones is 1. The van der Waals surface area contributed by atoms with Crippen LogP contribution in [0.4, 0.5) is 0 Å². The Hall–Kier alpha value is -2.89. The van der Waals surface area contributed by atoms with Gasteiger partial charge in [-0.1, -0.05) is 17.7 Å². The zero-order valence-electron chi connectivity index (χ0n) is 15.1. The van der Waals surface area contributed by atoms with Gasteiger partial charge in [-0.05, 0) is 38.8 Å². The Labute approximate surface area is 151 Å². The van der Waals surface area contributed by atoms with E-state index in [9.17, 15) is 14.4 Å². The number of fused-ring (bicyclic) bond motifs is 1. The van der Waals surface area contributed by atoms with E-state index in [4.69, 9.17) is 4.74 Å². The summed E-state index contributed by atoms with van der Waals surface area (Å²) in [6.07, 6.45) is 1.81. The van der Waals surface area contributed by atoms with Crippen molar-refractivity contribution in [3.8, 4) is 5.75 Å².